The van der Waals surface area contributed by atoms with Gasteiger partial charge in [0.2, 0.25) is 0 Å². The molecule has 0 bridgehead atoms. The number of benzene rings is 2. The molecule has 8 heteroatoms. The number of fused-ring (bicyclic) bond motifs is 1. The van der Waals surface area contributed by atoms with Gasteiger partial charge in [0.05, 0.1) is 6.04 Å². The number of aliphatic hydroxyl groups is 1. The third-order valence-electron chi connectivity index (χ3n) is 5.62. The molecule has 0 saturated carbocycles. The summed E-state index contributed by atoms with van der Waals surface area (Å²) in [5, 5.41) is 18.1. The van der Waals surface area contributed by atoms with Crippen LogP contribution in [0.25, 0.3) is 0 Å². The van der Waals surface area contributed by atoms with Crippen LogP contribution in [0.2, 0.25) is 0 Å². The zero-order valence-corrected chi connectivity index (χ0v) is 18.2. The van der Waals surface area contributed by atoms with E-state index >= 15 is 0 Å². The van der Waals surface area contributed by atoms with E-state index in [-0.39, 0.29) is 11.6 Å². The van der Waals surface area contributed by atoms with Gasteiger partial charge in [-0.15, -0.1) is 0 Å². The van der Waals surface area contributed by atoms with E-state index in [0.29, 0.717) is 42.6 Å². The molecule has 0 spiro atoms. The first-order valence-corrected chi connectivity index (χ1v) is 11.0. The second-order valence-electron chi connectivity index (χ2n) is 8.02. The summed E-state index contributed by atoms with van der Waals surface area (Å²) in [5.41, 5.74) is 0.837. The van der Waals surface area contributed by atoms with Gasteiger partial charge in [-0.1, -0.05) is 29.4 Å². The topological polar surface area (TPSA) is 92.6 Å². The Hall–Kier alpha value is -3.10. The van der Waals surface area contributed by atoms with E-state index in [1.165, 1.54) is 0 Å². The van der Waals surface area contributed by atoms with Gasteiger partial charge < -0.3 is 29.6 Å². The van der Waals surface area contributed by atoms with Crippen LogP contribution in [0.5, 0.6) is 17.2 Å². The molecule has 0 radical (unpaired) electrons. The maximum Gasteiger partial charge on any atom is 0.269 e. The van der Waals surface area contributed by atoms with Gasteiger partial charge in [0.1, 0.15) is 25.0 Å². The number of hydrogen-bond donors (Lipinski definition) is 2. The predicted molar refractivity (Wildman–Crippen MR) is 120 cm³/mol. The summed E-state index contributed by atoms with van der Waals surface area (Å²) in [4.78, 5) is 20.4. The van der Waals surface area contributed by atoms with Gasteiger partial charge in [0.25, 0.3) is 5.91 Å². The summed E-state index contributed by atoms with van der Waals surface area (Å²) in [6, 6.07) is 13.9. The number of ether oxygens (including phenoxy) is 2. The van der Waals surface area contributed by atoms with E-state index in [1.54, 1.807) is 37.3 Å². The summed E-state index contributed by atoms with van der Waals surface area (Å²) < 4.78 is 11.2. The second-order valence-corrected chi connectivity index (χ2v) is 8.02. The lowest BCUT2D eigenvalue weighted by atomic mass is 10.0. The molecule has 170 valence electrons. The number of aliphatic hydroxyl groups excluding tert-OH is 1. The summed E-state index contributed by atoms with van der Waals surface area (Å²) in [6.07, 6.45) is 1.32. The van der Waals surface area contributed by atoms with Crippen LogP contribution in [0, 0.1) is 0 Å². The van der Waals surface area contributed by atoms with Crippen LogP contribution in [0.4, 0.5) is 0 Å². The monoisotopic (exact) mass is 439 g/mol. The van der Waals surface area contributed by atoms with E-state index in [0.717, 1.165) is 25.9 Å². The molecule has 0 unspecified atom stereocenters. The van der Waals surface area contributed by atoms with Crippen molar-refractivity contribution in [3.8, 4) is 17.2 Å². The number of likely N-dealkylation sites (tertiary alicyclic amines) is 1. The van der Waals surface area contributed by atoms with Gasteiger partial charge in [-0.05, 0) is 62.7 Å². The molecule has 2 aliphatic rings. The highest BCUT2D eigenvalue weighted by Crippen LogP contribution is 2.33. The van der Waals surface area contributed by atoms with Crippen LogP contribution in [0.3, 0.4) is 0 Å². The number of rotatable bonds is 8. The Bertz CT molecular complexity index is 944. The average Bonchev–Trinajstić information content (AvgIpc) is 3.35. The van der Waals surface area contributed by atoms with Crippen molar-refractivity contribution >= 4 is 11.6 Å². The van der Waals surface area contributed by atoms with Crippen LogP contribution < -0.4 is 19.6 Å². The van der Waals surface area contributed by atoms with Crippen molar-refractivity contribution < 1.29 is 24.2 Å². The Morgan fingerprint density at radius 1 is 1.12 bits per heavy atom. The van der Waals surface area contributed by atoms with Crippen LogP contribution in [0.1, 0.15) is 31.4 Å². The highest BCUT2D eigenvalue weighted by atomic mass is 16.6. The minimum Gasteiger partial charge on any atom is -0.486 e. The average molecular weight is 440 g/mol. The van der Waals surface area contributed by atoms with Crippen LogP contribution >= 0.6 is 0 Å². The van der Waals surface area contributed by atoms with Gasteiger partial charge in [0.15, 0.2) is 17.2 Å². The zero-order chi connectivity index (χ0) is 22.3. The van der Waals surface area contributed by atoms with E-state index in [9.17, 15) is 9.90 Å². The highest BCUT2D eigenvalue weighted by molar-refractivity contribution is 6.37. The lowest BCUT2D eigenvalue weighted by Crippen LogP contribution is -2.48. The molecule has 1 amide bonds. The minimum absolute atomic E-state index is 0.176. The van der Waals surface area contributed by atoms with E-state index in [2.05, 4.69) is 15.4 Å². The summed E-state index contributed by atoms with van der Waals surface area (Å²) >= 11 is 0. The Labute approximate surface area is 187 Å². The van der Waals surface area contributed by atoms with E-state index in [4.69, 9.17) is 14.3 Å². The van der Waals surface area contributed by atoms with Crippen molar-refractivity contribution in [1.82, 2.24) is 10.2 Å². The molecule has 1 saturated heterocycles. The Kier molecular flexibility index (Phi) is 7.24. The summed E-state index contributed by atoms with van der Waals surface area (Å²) in [5.74, 6) is 1.42. The Morgan fingerprint density at radius 3 is 2.59 bits per heavy atom. The van der Waals surface area contributed by atoms with Crippen LogP contribution in [-0.4, -0.2) is 60.5 Å². The number of carbonyl (C=O) groups excluding carboxylic acids is 1. The van der Waals surface area contributed by atoms with Crippen molar-refractivity contribution in [2.24, 2.45) is 5.16 Å². The van der Waals surface area contributed by atoms with Crippen molar-refractivity contribution in [3.63, 3.8) is 0 Å². The van der Waals surface area contributed by atoms with Gasteiger partial charge in [0, 0.05) is 6.54 Å². The van der Waals surface area contributed by atoms with Gasteiger partial charge in [-0.3, -0.25) is 4.79 Å². The van der Waals surface area contributed by atoms with Crippen molar-refractivity contribution in [2.75, 3.05) is 32.8 Å². The van der Waals surface area contributed by atoms with Crippen LogP contribution in [0.15, 0.2) is 53.7 Å². The standard InChI is InChI=1S/C24H29N3O5/c1-17(26-32-19-7-3-2-4-8-19)24(29)25-20(16-27-11-5-6-12-27)23(28)18-9-10-21-22(15-18)31-14-13-30-21/h2-4,7-10,15,20,23,28H,5-6,11-14,16H2,1H3,(H,25,29)/b26-17+/t20-,23-/m1/s1. The molecule has 4 rings (SSSR count). The number of oxime groups is 1. The number of nitrogens with zero attached hydrogens (tertiary/aromatic N) is 2. The molecule has 1 fully saturated rings. The molecule has 0 aliphatic carbocycles. The van der Waals surface area contributed by atoms with Gasteiger partial charge >= 0.3 is 0 Å². The highest BCUT2D eigenvalue weighted by Gasteiger charge is 2.28. The first-order chi connectivity index (χ1) is 15.6. The fourth-order valence-corrected chi connectivity index (χ4v) is 3.86. The third-order valence-corrected chi connectivity index (χ3v) is 5.62. The number of para-hydroxylation sites is 1. The number of carbonyl (C=O) groups is 1. The molecule has 0 aromatic heterocycles. The molecule has 2 N–H and O–H groups in total. The first-order valence-electron chi connectivity index (χ1n) is 11.0. The Balaban J connectivity index is 1.47. The molecule has 8 nitrogen and oxygen atoms in total. The minimum atomic E-state index is -0.918. The van der Waals surface area contributed by atoms with E-state index < -0.39 is 12.1 Å². The molecule has 2 heterocycles. The Morgan fingerprint density at radius 2 is 1.84 bits per heavy atom. The quantitative estimate of drug-likeness (QED) is 0.485. The summed E-state index contributed by atoms with van der Waals surface area (Å²) in [6.45, 7) is 4.99. The normalized spacial score (nSPS) is 18.1. The smallest absolute Gasteiger partial charge is 0.269 e. The maximum absolute atomic E-state index is 12.8. The second kappa shape index (κ2) is 10.5. The largest absolute Gasteiger partial charge is 0.486 e. The molecule has 2 atom stereocenters. The molecule has 2 aliphatic heterocycles. The molecule has 2 aromatic rings. The van der Waals surface area contributed by atoms with Crippen molar-refractivity contribution in [2.45, 2.75) is 31.9 Å². The summed E-state index contributed by atoms with van der Waals surface area (Å²) in [7, 11) is 0. The van der Waals surface area contributed by atoms with Gasteiger partial charge in [-0.25, -0.2) is 0 Å². The zero-order valence-electron chi connectivity index (χ0n) is 18.2. The van der Waals surface area contributed by atoms with Crippen molar-refractivity contribution in [3.05, 3.63) is 54.1 Å². The molecule has 2 aromatic carbocycles. The molecule has 32 heavy (non-hydrogen) atoms. The number of hydrogen-bond acceptors (Lipinski definition) is 7. The molecular weight excluding hydrogens is 410 g/mol. The number of amides is 1. The lowest BCUT2D eigenvalue weighted by molar-refractivity contribution is -0.116. The first kappa shape index (κ1) is 22.1. The number of nitrogens with one attached hydrogen (secondary N) is 1. The lowest BCUT2D eigenvalue weighted by Gasteiger charge is -2.29. The van der Waals surface area contributed by atoms with E-state index in [1.807, 2.05) is 18.2 Å². The third kappa shape index (κ3) is 5.57. The van der Waals surface area contributed by atoms with Gasteiger partial charge in [-0.2, -0.15) is 0 Å². The maximum atomic E-state index is 12.8. The SMILES string of the molecule is C/C(=N\Oc1ccccc1)C(=O)N[C@H](CN1CCCC1)[C@H](O)c1ccc2c(c1)OCCO2. The fourth-order valence-electron chi connectivity index (χ4n) is 3.86. The fraction of sp³-hybridized carbons (Fsp3) is 0.417. The van der Waals surface area contributed by atoms with Crippen LogP contribution in [-0.2, 0) is 4.79 Å². The molecular formula is C24H29N3O5. The predicted octanol–water partition coefficient (Wildman–Crippen LogP) is 2.53. The van der Waals surface area contributed by atoms with Crippen molar-refractivity contribution in [1.29, 1.82) is 0 Å².